The molecular weight excluding hydrogens is 190 g/mol. The maximum absolute atomic E-state index is 10.7. The molecule has 0 amide bonds. The van der Waals surface area contributed by atoms with Gasteiger partial charge in [0.25, 0.3) is 5.22 Å². The molecule has 1 rings (SSSR count). The number of carbonyl (C=O) groups is 1. The van der Waals surface area contributed by atoms with E-state index in [0.29, 0.717) is 11.6 Å². The molecule has 5 heteroatoms. The molecule has 1 N–H and O–H groups in total. The SMILES string of the molecule is CCC(Sc1nc(C)co1)C(=O)O. The van der Waals surface area contributed by atoms with Gasteiger partial charge in [-0.3, -0.25) is 4.79 Å². The lowest BCUT2D eigenvalue weighted by Crippen LogP contribution is -2.14. The van der Waals surface area contributed by atoms with Crippen molar-refractivity contribution < 1.29 is 14.3 Å². The second kappa shape index (κ2) is 4.32. The third-order valence-corrected chi connectivity index (χ3v) is 2.70. The lowest BCUT2D eigenvalue weighted by atomic mass is 10.3. The van der Waals surface area contributed by atoms with Crippen LogP contribution in [0.5, 0.6) is 0 Å². The highest BCUT2D eigenvalue weighted by Crippen LogP contribution is 2.24. The van der Waals surface area contributed by atoms with Crippen LogP contribution in [0.1, 0.15) is 19.0 Å². The summed E-state index contributed by atoms with van der Waals surface area (Å²) in [5, 5.41) is 8.70. The van der Waals surface area contributed by atoms with Crippen LogP contribution in [0.3, 0.4) is 0 Å². The molecule has 0 saturated heterocycles. The molecule has 1 atom stereocenters. The first kappa shape index (κ1) is 10.1. The highest BCUT2D eigenvalue weighted by Gasteiger charge is 2.18. The molecule has 13 heavy (non-hydrogen) atoms. The first-order valence-electron chi connectivity index (χ1n) is 3.95. The Morgan fingerprint density at radius 2 is 2.54 bits per heavy atom. The molecule has 72 valence electrons. The molecule has 1 unspecified atom stereocenters. The van der Waals surface area contributed by atoms with Crippen molar-refractivity contribution in [2.75, 3.05) is 0 Å². The first-order chi connectivity index (χ1) is 6.13. The predicted molar refractivity (Wildman–Crippen MR) is 48.8 cm³/mol. The van der Waals surface area contributed by atoms with Gasteiger partial charge in [0.1, 0.15) is 11.5 Å². The Bertz CT molecular complexity index is 297. The Hall–Kier alpha value is -0.970. The van der Waals surface area contributed by atoms with Crippen molar-refractivity contribution in [3.05, 3.63) is 12.0 Å². The second-order valence-electron chi connectivity index (χ2n) is 2.61. The first-order valence-corrected chi connectivity index (χ1v) is 4.83. The average Bonchev–Trinajstić information content (AvgIpc) is 2.46. The van der Waals surface area contributed by atoms with E-state index in [9.17, 15) is 4.79 Å². The molecule has 0 aliphatic heterocycles. The number of hydrogen-bond acceptors (Lipinski definition) is 4. The van der Waals surface area contributed by atoms with Gasteiger partial charge in [0.15, 0.2) is 0 Å². The zero-order valence-corrected chi connectivity index (χ0v) is 8.30. The van der Waals surface area contributed by atoms with E-state index in [1.165, 1.54) is 6.26 Å². The van der Waals surface area contributed by atoms with Crippen molar-refractivity contribution in [3.63, 3.8) is 0 Å². The van der Waals surface area contributed by atoms with Gasteiger partial charge in [-0.2, -0.15) is 0 Å². The van der Waals surface area contributed by atoms with Crippen LogP contribution in [0.2, 0.25) is 0 Å². The van der Waals surface area contributed by atoms with Gasteiger partial charge >= 0.3 is 5.97 Å². The molecular formula is C8H11NO3S. The van der Waals surface area contributed by atoms with Crippen molar-refractivity contribution in [1.29, 1.82) is 0 Å². The monoisotopic (exact) mass is 201 g/mol. The molecule has 1 heterocycles. The highest BCUT2D eigenvalue weighted by molar-refractivity contribution is 8.00. The summed E-state index contributed by atoms with van der Waals surface area (Å²) in [7, 11) is 0. The minimum Gasteiger partial charge on any atom is -0.480 e. The number of carboxylic acids is 1. The number of hydrogen-bond donors (Lipinski definition) is 1. The molecule has 4 nitrogen and oxygen atoms in total. The van der Waals surface area contributed by atoms with Gasteiger partial charge in [0, 0.05) is 0 Å². The van der Waals surface area contributed by atoms with E-state index in [4.69, 9.17) is 9.52 Å². The van der Waals surface area contributed by atoms with E-state index in [1.54, 1.807) is 6.92 Å². The summed E-state index contributed by atoms with van der Waals surface area (Å²) in [5.41, 5.74) is 0.766. The number of aromatic nitrogens is 1. The summed E-state index contributed by atoms with van der Waals surface area (Å²) in [6, 6.07) is 0. The summed E-state index contributed by atoms with van der Waals surface area (Å²) in [5.74, 6) is -0.830. The topological polar surface area (TPSA) is 63.3 Å². The Balaban J connectivity index is 2.61. The normalized spacial score (nSPS) is 12.8. The molecule has 0 radical (unpaired) electrons. The Morgan fingerprint density at radius 1 is 1.85 bits per heavy atom. The van der Waals surface area contributed by atoms with Crippen molar-refractivity contribution in [2.24, 2.45) is 0 Å². The van der Waals surface area contributed by atoms with Crippen LogP contribution >= 0.6 is 11.8 Å². The van der Waals surface area contributed by atoms with Gasteiger partial charge < -0.3 is 9.52 Å². The molecule has 0 aromatic carbocycles. The summed E-state index contributed by atoms with van der Waals surface area (Å²) in [6.45, 7) is 3.62. The summed E-state index contributed by atoms with van der Waals surface area (Å²) in [4.78, 5) is 14.7. The Morgan fingerprint density at radius 3 is 2.92 bits per heavy atom. The minimum atomic E-state index is -0.830. The van der Waals surface area contributed by atoms with Crippen LogP contribution in [0.15, 0.2) is 15.9 Å². The van der Waals surface area contributed by atoms with Gasteiger partial charge in [-0.1, -0.05) is 18.7 Å². The van der Waals surface area contributed by atoms with E-state index >= 15 is 0 Å². The smallest absolute Gasteiger partial charge is 0.317 e. The maximum Gasteiger partial charge on any atom is 0.317 e. The van der Waals surface area contributed by atoms with E-state index in [2.05, 4.69) is 4.98 Å². The lowest BCUT2D eigenvalue weighted by Gasteiger charge is -2.04. The average molecular weight is 201 g/mol. The third kappa shape index (κ3) is 2.77. The number of aryl methyl sites for hydroxylation is 1. The quantitative estimate of drug-likeness (QED) is 0.754. The molecule has 1 aromatic rings. The molecule has 0 spiro atoms. The summed E-state index contributed by atoms with van der Waals surface area (Å²) < 4.78 is 5.04. The van der Waals surface area contributed by atoms with Gasteiger partial charge in [-0.15, -0.1) is 0 Å². The van der Waals surface area contributed by atoms with Crippen LogP contribution in [-0.2, 0) is 4.79 Å². The van der Waals surface area contributed by atoms with Gasteiger partial charge in [0.05, 0.1) is 5.69 Å². The molecule has 0 fully saturated rings. The summed E-state index contributed by atoms with van der Waals surface area (Å²) >= 11 is 1.14. The van der Waals surface area contributed by atoms with E-state index in [1.807, 2.05) is 6.92 Å². The Kier molecular flexibility index (Phi) is 3.36. The van der Waals surface area contributed by atoms with Crippen LogP contribution in [-0.4, -0.2) is 21.3 Å². The number of rotatable bonds is 4. The van der Waals surface area contributed by atoms with Crippen molar-refractivity contribution >= 4 is 17.7 Å². The maximum atomic E-state index is 10.7. The van der Waals surface area contributed by atoms with Gasteiger partial charge in [-0.05, 0) is 13.3 Å². The molecule has 1 aromatic heterocycles. The Labute approximate surface area is 80.3 Å². The predicted octanol–water partition coefficient (Wildman–Crippen LogP) is 1.94. The minimum absolute atomic E-state index is 0.423. The lowest BCUT2D eigenvalue weighted by molar-refractivity contribution is -0.136. The number of oxazole rings is 1. The zero-order chi connectivity index (χ0) is 9.84. The molecule has 0 saturated carbocycles. The van der Waals surface area contributed by atoms with Crippen LogP contribution < -0.4 is 0 Å². The van der Waals surface area contributed by atoms with Crippen molar-refractivity contribution in [3.8, 4) is 0 Å². The largest absolute Gasteiger partial charge is 0.480 e. The zero-order valence-electron chi connectivity index (χ0n) is 7.48. The van der Waals surface area contributed by atoms with Crippen molar-refractivity contribution in [2.45, 2.75) is 30.7 Å². The standard InChI is InChI=1S/C8H11NO3S/c1-3-6(7(10)11)13-8-9-5(2)4-12-8/h4,6H,3H2,1-2H3,(H,10,11). The van der Waals surface area contributed by atoms with Gasteiger partial charge in [0.2, 0.25) is 0 Å². The fraction of sp³-hybridized carbons (Fsp3) is 0.500. The number of carboxylic acid groups (broad SMARTS) is 1. The molecule has 0 aliphatic rings. The third-order valence-electron chi connectivity index (χ3n) is 1.49. The highest BCUT2D eigenvalue weighted by atomic mass is 32.2. The van der Waals surface area contributed by atoms with E-state index in [0.717, 1.165) is 17.5 Å². The second-order valence-corrected chi connectivity index (χ2v) is 3.76. The number of aliphatic carboxylic acids is 1. The van der Waals surface area contributed by atoms with Crippen molar-refractivity contribution in [1.82, 2.24) is 4.98 Å². The van der Waals surface area contributed by atoms with Crippen LogP contribution in [0, 0.1) is 6.92 Å². The van der Waals surface area contributed by atoms with E-state index < -0.39 is 11.2 Å². The fourth-order valence-corrected chi connectivity index (χ4v) is 1.63. The molecule has 0 aliphatic carbocycles. The van der Waals surface area contributed by atoms with Crippen LogP contribution in [0.4, 0.5) is 0 Å². The van der Waals surface area contributed by atoms with Gasteiger partial charge in [-0.25, -0.2) is 4.98 Å². The summed E-state index contributed by atoms with van der Waals surface area (Å²) in [6.07, 6.45) is 2.07. The van der Waals surface area contributed by atoms with Crippen LogP contribution in [0.25, 0.3) is 0 Å². The number of thioether (sulfide) groups is 1. The van der Waals surface area contributed by atoms with E-state index in [-0.39, 0.29) is 0 Å². The number of nitrogens with zero attached hydrogens (tertiary/aromatic N) is 1. The molecule has 0 bridgehead atoms. The fourth-order valence-electron chi connectivity index (χ4n) is 0.817.